The van der Waals surface area contributed by atoms with Crippen LogP contribution in [0.5, 0.6) is 0 Å². The fourth-order valence-electron chi connectivity index (χ4n) is 9.47. The maximum atomic E-state index is 13.7. The Labute approximate surface area is 413 Å². The van der Waals surface area contributed by atoms with E-state index < -0.39 is 12.1 Å². The van der Waals surface area contributed by atoms with Crippen molar-refractivity contribution in [3.8, 4) is 0 Å². The number of nitrogens with zero attached hydrogens (tertiary/aromatic N) is 2. The lowest BCUT2D eigenvalue weighted by atomic mass is 10.0. The normalized spacial score (nSPS) is 13.0. The second kappa shape index (κ2) is 46.0. The van der Waals surface area contributed by atoms with Crippen molar-refractivity contribution in [2.45, 2.75) is 303 Å². The Morgan fingerprint density at radius 2 is 0.761 bits per heavy atom. The predicted molar refractivity (Wildman–Crippen MR) is 277 cm³/mol. The summed E-state index contributed by atoms with van der Waals surface area (Å²) in [6, 6.07) is 0. The molecular weight excluding hydrogens is 841 g/mol. The molecule has 0 aliphatic carbocycles. The molecule has 1 heterocycles. The van der Waals surface area contributed by atoms with Crippen LogP contribution in [-0.2, 0) is 33.3 Å². The minimum atomic E-state index is -0.411. The van der Waals surface area contributed by atoms with E-state index in [1.54, 1.807) is 11.8 Å². The molecule has 0 atom stereocenters. The first-order valence-electron chi connectivity index (χ1n) is 29.0. The van der Waals surface area contributed by atoms with Crippen LogP contribution in [0, 0.1) is 0 Å². The monoisotopic (exact) mass is 949 g/mol. The Morgan fingerprint density at radius 3 is 1.13 bits per heavy atom. The summed E-state index contributed by atoms with van der Waals surface area (Å²) >= 11 is 0. The van der Waals surface area contributed by atoms with E-state index in [0.29, 0.717) is 19.4 Å². The molecule has 0 saturated carbocycles. The van der Waals surface area contributed by atoms with Crippen molar-refractivity contribution in [3.63, 3.8) is 0 Å². The SMILES string of the molecule is CCCCCCC(CCCCCC)OC(=O)CCCCCCCCC(CCCCCCCCC(=O)OC(CCCCCC)CCCCCC)OC(=O)N(CCCN1CCCC1)CC(=O)OCC. The summed E-state index contributed by atoms with van der Waals surface area (Å²) in [5.41, 5.74) is 0. The van der Waals surface area contributed by atoms with E-state index in [2.05, 4.69) is 32.6 Å². The van der Waals surface area contributed by atoms with Crippen LogP contribution in [0.4, 0.5) is 4.79 Å². The molecule has 0 aromatic rings. The minimum absolute atomic E-state index is 0.0290. The third-order valence-corrected chi connectivity index (χ3v) is 13.7. The molecule has 0 aromatic carbocycles. The Morgan fingerprint density at radius 1 is 0.418 bits per heavy atom. The van der Waals surface area contributed by atoms with E-state index in [4.69, 9.17) is 18.9 Å². The Hall–Kier alpha value is -2.36. The van der Waals surface area contributed by atoms with E-state index in [-0.39, 0.29) is 43.4 Å². The van der Waals surface area contributed by atoms with Crippen LogP contribution in [0.25, 0.3) is 0 Å². The fourth-order valence-corrected chi connectivity index (χ4v) is 9.47. The number of amides is 1. The Kier molecular flexibility index (Phi) is 43.1. The molecule has 0 aromatic heterocycles. The summed E-state index contributed by atoms with van der Waals surface area (Å²) in [5, 5.41) is 0. The van der Waals surface area contributed by atoms with Gasteiger partial charge in [-0.15, -0.1) is 0 Å². The first kappa shape index (κ1) is 62.7. The molecule has 394 valence electrons. The zero-order valence-corrected chi connectivity index (χ0v) is 44.7. The molecule has 0 radical (unpaired) electrons. The number of carbonyl (C=O) groups excluding carboxylic acids is 4. The van der Waals surface area contributed by atoms with Gasteiger partial charge in [0.2, 0.25) is 0 Å². The van der Waals surface area contributed by atoms with Gasteiger partial charge in [0.15, 0.2) is 0 Å². The van der Waals surface area contributed by atoms with Gasteiger partial charge in [-0.2, -0.15) is 0 Å². The maximum absolute atomic E-state index is 13.7. The van der Waals surface area contributed by atoms with Gasteiger partial charge in [0.05, 0.1) is 6.61 Å². The zero-order chi connectivity index (χ0) is 48.8. The number of ether oxygens (including phenoxy) is 4. The molecule has 10 heteroatoms. The first-order chi connectivity index (χ1) is 32.8. The van der Waals surface area contributed by atoms with E-state index in [0.717, 1.165) is 167 Å². The van der Waals surface area contributed by atoms with Crippen LogP contribution in [0.1, 0.15) is 285 Å². The lowest BCUT2D eigenvalue weighted by molar-refractivity contribution is -0.151. The zero-order valence-electron chi connectivity index (χ0n) is 44.7. The lowest BCUT2D eigenvalue weighted by Crippen LogP contribution is -2.40. The molecule has 0 unspecified atom stereocenters. The first-order valence-corrected chi connectivity index (χ1v) is 29.0. The van der Waals surface area contributed by atoms with Crippen LogP contribution < -0.4 is 0 Å². The van der Waals surface area contributed by atoms with Crippen molar-refractivity contribution in [1.82, 2.24) is 9.80 Å². The molecule has 1 aliphatic heterocycles. The Balaban J connectivity index is 2.61. The molecule has 0 bridgehead atoms. The Bertz CT molecular complexity index is 1080. The summed E-state index contributed by atoms with van der Waals surface area (Å²) in [5.74, 6) is -0.453. The van der Waals surface area contributed by atoms with E-state index in [1.807, 2.05) is 0 Å². The van der Waals surface area contributed by atoms with Gasteiger partial charge in [-0.1, -0.05) is 156 Å². The van der Waals surface area contributed by atoms with Gasteiger partial charge in [0.1, 0.15) is 24.9 Å². The second-order valence-electron chi connectivity index (χ2n) is 20.1. The lowest BCUT2D eigenvalue weighted by Gasteiger charge is -2.26. The minimum Gasteiger partial charge on any atom is -0.465 e. The summed E-state index contributed by atoms with van der Waals surface area (Å²) in [4.78, 5) is 55.8. The summed E-state index contributed by atoms with van der Waals surface area (Å²) in [6.07, 6.45) is 40.8. The smallest absolute Gasteiger partial charge is 0.410 e. The fraction of sp³-hybridized carbons (Fsp3) is 0.930. The highest BCUT2D eigenvalue weighted by molar-refractivity contribution is 5.78. The van der Waals surface area contributed by atoms with Crippen molar-refractivity contribution in [1.29, 1.82) is 0 Å². The third-order valence-electron chi connectivity index (χ3n) is 13.7. The number of likely N-dealkylation sites (tertiary alicyclic amines) is 1. The van der Waals surface area contributed by atoms with Crippen molar-refractivity contribution in [2.75, 3.05) is 39.3 Å². The van der Waals surface area contributed by atoms with Crippen LogP contribution >= 0.6 is 0 Å². The van der Waals surface area contributed by atoms with E-state index in [1.165, 1.54) is 89.9 Å². The number of esters is 3. The molecule has 1 aliphatic rings. The maximum Gasteiger partial charge on any atom is 0.410 e. The molecular formula is C57H108N2O8. The third kappa shape index (κ3) is 38.1. The largest absolute Gasteiger partial charge is 0.465 e. The van der Waals surface area contributed by atoms with Crippen molar-refractivity contribution in [2.24, 2.45) is 0 Å². The molecule has 1 rings (SSSR count). The van der Waals surface area contributed by atoms with Crippen LogP contribution in [0.2, 0.25) is 0 Å². The van der Waals surface area contributed by atoms with Crippen LogP contribution in [-0.4, -0.2) is 91.4 Å². The van der Waals surface area contributed by atoms with Crippen molar-refractivity contribution >= 4 is 24.0 Å². The number of hydrogen-bond donors (Lipinski definition) is 0. The highest BCUT2D eigenvalue weighted by atomic mass is 16.6. The molecule has 1 saturated heterocycles. The summed E-state index contributed by atoms with van der Waals surface area (Å²) < 4.78 is 23.5. The highest BCUT2D eigenvalue weighted by Crippen LogP contribution is 2.22. The quantitative estimate of drug-likeness (QED) is 0.0334. The average molecular weight is 949 g/mol. The van der Waals surface area contributed by atoms with Gasteiger partial charge >= 0.3 is 24.0 Å². The van der Waals surface area contributed by atoms with E-state index >= 15 is 0 Å². The topological polar surface area (TPSA) is 112 Å². The standard InChI is InChI=1S/C57H108N2O8/c1-6-11-15-27-38-51(39-28-16-12-7-2)65-54(60)44-33-25-21-19-23-31-42-53(67-57(63)59(50-56(62)64-10-5)49-37-48-58-46-35-36-47-58)43-32-24-20-22-26-34-45-55(61)66-52(40-29-17-13-8-3)41-30-18-14-9-4/h51-53H,6-50H2,1-5H3. The highest BCUT2D eigenvalue weighted by Gasteiger charge is 2.24. The van der Waals surface area contributed by atoms with Crippen molar-refractivity contribution < 1.29 is 38.1 Å². The molecule has 10 nitrogen and oxygen atoms in total. The average Bonchev–Trinajstić information content (AvgIpc) is 3.84. The van der Waals surface area contributed by atoms with Crippen molar-refractivity contribution in [3.05, 3.63) is 0 Å². The van der Waals surface area contributed by atoms with Gasteiger partial charge in [-0.05, 0) is 136 Å². The van der Waals surface area contributed by atoms with Gasteiger partial charge in [-0.25, -0.2) is 4.79 Å². The van der Waals surface area contributed by atoms with Gasteiger partial charge < -0.3 is 23.8 Å². The molecule has 0 spiro atoms. The number of unbranched alkanes of at least 4 members (excludes halogenated alkanes) is 22. The molecule has 0 N–H and O–H groups in total. The predicted octanol–water partition coefficient (Wildman–Crippen LogP) is 15.8. The van der Waals surface area contributed by atoms with Gasteiger partial charge in [0.25, 0.3) is 0 Å². The number of hydrogen-bond acceptors (Lipinski definition) is 9. The van der Waals surface area contributed by atoms with Crippen LogP contribution in [0.3, 0.4) is 0 Å². The second-order valence-corrected chi connectivity index (χ2v) is 20.1. The van der Waals surface area contributed by atoms with Gasteiger partial charge in [0, 0.05) is 19.4 Å². The number of carbonyl (C=O) groups is 4. The molecule has 1 fully saturated rings. The summed E-state index contributed by atoms with van der Waals surface area (Å²) in [7, 11) is 0. The van der Waals surface area contributed by atoms with Crippen LogP contribution in [0.15, 0.2) is 0 Å². The van der Waals surface area contributed by atoms with E-state index in [9.17, 15) is 19.2 Å². The summed E-state index contributed by atoms with van der Waals surface area (Å²) in [6.45, 7) is 14.5. The van der Waals surface area contributed by atoms with Gasteiger partial charge in [-0.3, -0.25) is 19.3 Å². The molecule has 1 amide bonds. The number of rotatable bonds is 48. The molecule has 67 heavy (non-hydrogen) atoms.